The Kier molecular flexibility index (Phi) is 5.48. The largest absolute Gasteiger partial charge is 0.480 e. The van der Waals surface area contributed by atoms with Crippen LogP contribution in [0.5, 0.6) is 0 Å². The molecule has 4 aromatic rings. The molecule has 1 aromatic heterocycles. The van der Waals surface area contributed by atoms with Crippen molar-refractivity contribution < 1.29 is 14.7 Å². The Morgan fingerprint density at radius 1 is 1.00 bits per heavy atom. The van der Waals surface area contributed by atoms with Gasteiger partial charge in [-0.05, 0) is 60.7 Å². The van der Waals surface area contributed by atoms with Crippen molar-refractivity contribution in [2.75, 3.05) is 6.54 Å². The SMILES string of the molecule is CCn1c2ccccc2c2cc(/C=C3/SC(=Nc4ccccc4)N(CC(=O)O)C3=O)ccc21. The van der Waals surface area contributed by atoms with Crippen molar-refractivity contribution in [2.24, 2.45) is 4.99 Å². The number of carbonyl (C=O) groups is 2. The molecule has 0 saturated carbocycles. The van der Waals surface area contributed by atoms with E-state index in [-0.39, 0.29) is 5.91 Å². The number of amidine groups is 1. The summed E-state index contributed by atoms with van der Waals surface area (Å²) in [6, 6.07) is 23.6. The topological polar surface area (TPSA) is 74.9 Å². The minimum Gasteiger partial charge on any atom is -0.480 e. The number of nitrogens with zero attached hydrogens (tertiary/aromatic N) is 3. The molecular weight excluding hydrogens is 434 g/mol. The zero-order valence-corrected chi connectivity index (χ0v) is 18.7. The lowest BCUT2D eigenvalue weighted by molar-refractivity contribution is -0.140. The first kappa shape index (κ1) is 21.0. The molecule has 0 bridgehead atoms. The number of aryl methyl sites for hydroxylation is 1. The Morgan fingerprint density at radius 2 is 1.73 bits per heavy atom. The van der Waals surface area contributed by atoms with Gasteiger partial charge in [-0.15, -0.1) is 0 Å². The monoisotopic (exact) mass is 455 g/mol. The number of fused-ring (bicyclic) bond motifs is 3. The number of hydrogen-bond acceptors (Lipinski definition) is 4. The Hall–Kier alpha value is -3.84. The third kappa shape index (κ3) is 3.91. The van der Waals surface area contributed by atoms with Gasteiger partial charge in [-0.1, -0.05) is 42.5 Å². The van der Waals surface area contributed by atoms with Gasteiger partial charge in [-0.2, -0.15) is 0 Å². The van der Waals surface area contributed by atoms with E-state index in [4.69, 9.17) is 0 Å². The Balaban J connectivity index is 1.57. The molecule has 0 unspecified atom stereocenters. The molecule has 6 nitrogen and oxygen atoms in total. The van der Waals surface area contributed by atoms with E-state index in [0.29, 0.717) is 15.8 Å². The number of thioether (sulfide) groups is 1. The van der Waals surface area contributed by atoms with E-state index in [2.05, 4.69) is 40.7 Å². The summed E-state index contributed by atoms with van der Waals surface area (Å²) in [5, 5.41) is 12.0. The summed E-state index contributed by atoms with van der Waals surface area (Å²) in [6.07, 6.45) is 1.81. The summed E-state index contributed by atoms with van der Waals surface area (Å²) in [6.45, 7) is 2.56. The summed E-state index contributed by atoms with van der Waals surface area (Å²) in [5.41, 5.74) is 3.87. The van der Waals surface area contributed by atoms with E-state index in [1.807, 2.05) is 54.6 Å². The van der Waals surface area contributed by atoms with Crippen LogP contribution in [0.3, 0.4) is 0 Å². The number of hydrogen-bond donors (Lipinski definition) is 1. The molecule has 0 aliphatic carbocycles. The molecule has 1 aliphatic heterocycles. The van der Waals surface area contributed by atoms with Crippen LogP contribution in [0.2, 0.25) is 0 Å². The molecule has 2 heterocycles. The zero-order chi connectivity index (χ0) is 22.9. The van der Waals surface area contributed by atoms with E-state index in [0.717, 1.165) is 23.0 Å². The number of amides is 1. The van der Waals surface area contributed by atoms with Gasteiger partial charge in [0.25, 0.3) is 5.91 Å². The molecule has 0 spiro atoms. The normalized spacial score (nSPS) is 16.5. The molecule has 1 fully saturated rings. The van der Waals surface area contributed by atoms with Crippen LogP contribution in [-0.4, -0.2) is 38.2 Å². The van der Waals surface area contributed by atoms with Gasteiger partial charge in [0.2, 0.25) is 0 Å². The van der Waals surface area contributed by atoms with Gasteiger partial charge in [0, 0.05) is 28.4 Å². The average molecular weight is 456 g/mol. The molecule has 7 heteroatoms. The minimum atomic E-state index is -1.08. The number of carboxylic acid groups (broad SMARTS) is 1. The molecule has 1 saturated heterocycles. The number of aromatic nitrogens is 1. The van der Waals surface area contributed by atoms with Crippen molar-refractivity contribution in [1.29, 1.82) is 0 Å². The molecule has 1 N–H and O–H groups in total. The first-order valence-corrected chi connectivity index (χ1v) is 11.4. The van der Waals surface area contributed by atoms with Gasteiger partial charge in [0.1, 0.15) is 6.54 Å². The van der Waals surface area contributed by atoms with E-state index in [9.17, 15) is 14.7 Å². The lowest BCUT2D eigenvalue weighted by Gasteiger charge is -2.12. The fraction of sp³-hybridized carbons (Fsp3) is 0.115. The number of carboxylic acids is 1. The standard InChI is InChI=1S/C26H21N3O3S/c1-2-28-21-11-7-6-10-19(21)20-14-17(12-13-22(20)28)15-23-25(32)29(16-24(30)31)26(33-23)27-18-8-4-3-5-9-18/h3-15H,2,16H2,1H3,(H,30,31)/b23-15+,27-26?. The highest BCUT2D eigenvalue weighted by molar-refractivity contribution is 8.18. The summed E-state index contributed by atoms with van der Waals surface area (Å²) >= 11 is 1.20. The van der Waals surface area contributed by atoms with Crippen LogP contribution in [0.1, 0.15) is 12.5 Å². The summed E-state index contributed by atoms with van der Waals surface area (Å²) in [5.74, 6) is -1.44. The van der Waals surface area contributed by atoms with Crippen LogP contribution in [0.4, 0.5) is 5.69 Å². The van der Waals surface area contributed by atoms with Crippen LogP contribution in [0.15, 0.2) is 82.7 Å². The molecular formula is C26H21N3O3S. The number of aliphatic carboxylic acids is 1. The third-order valence-corrected chi connectivity index (χ3v) is 6.58. The van der Waals surface area contributed by atoms with Gasteiger partial charge in [0.05, 0.1) is 10.6 Å². The van der Waals surface area contributed by atoms with Gasteiger partial charge < -0.3 is 9.67 Å². The summed E-state index contributed by atoms with van der Waals surface area (Å²) < 4.78 is 2.27. The molecule has 3 aromatic carbocycles. The van der Waals surface area contributed by atoms with E-state index >= 15 is 0 Å². The molecule has 0 radical (unpaired) electrons. The number of carbonyl (C=O) groups excluding carboxylic acids is 1. The number of para-hydroxylation sites is 2. The van der Waals surface area contributed by atoms with E-state index < -0.39 is 12.5 Å². The van der Waals surface area contributed by atoms with Crippen LogP contribution in [-0.2, 0) is 16.1 Å². The average Bonchev–Trinajstić information content (AvgIpc) is 3.28. The van der Waals surface area contributed by atoms with Gasteiger partial charge >= 0.3 is 5.97 Å². The molecule has 0 atom stereocenters. The van der Waals surface area contributed by atoms with Crippen LogP contribution < -0.4 is 0 Å². The fourth-order valence-electron chi connectivity index (χ4n) is 4.13. The van der Waals surface area contributed by atoms with Crippen molar-refractivity contribution in [3.8, 4) is 0 Å². The molecule has 5 rings (SSSR count). The maximum Gasteiger partial charge on any atom is 0.323 e. The second kappa shape index (κ2) is 8.60. The maximum atomic E-state index is 13.1. The first-order chi connectivity index (χ1) is 16.0. The highest BCUT2D eigenvalue weighted by atomic mass is 32.2. The summed E-state index contributed by atoms with van der Waals surface area (Å²) in [4.78, 5) is 30.6. The van der Waals surface area contributed by atoms with Crippen LogP contribution in [0.25, 0.3) is 27.9 Å². The Morgan fingerprint density at radius 3 is 2.48 bits per heavy atom. The van der Waals surface area contributed by atoms with Crippen molar-refractivity contribution in [2.45, 2.75) is 13.5 Å². The number of benzene rings is 3. The van der Waals surface area contributed by atoms with Gasteiger partial charge in [-0.25, -0.2) is 4.99 Å². The second-order valence-corrected chi connectivity index (χ2v) is 8.67. The Bertz CT molecular complexity index is 1450. The highest BCUT2D eigenvalue weighted by Crippen LogP contribution is 2.35. The third-order valence-electron chi connectivity index (χ3n) is 5.57. The number of rotatable bonds is 5. The smallest absolute Gasteiger partial charge is 0.323 e. The van der Waals surface area contributed by atoms with Crippen LogP contribution in [0, 0.1) is 0 Å². The predicted octanol–water partition coefficient (Wildman–Crippen LogP) is 5.50. The predicted molar refractivity (Wildman–Crippen MR) is 134 cm³/mol. The van der Waals surface area contributed by atoms with Crippen LogP contribution >= 0.6 is 11.8 Å². The lowest BCUT2D eigenvalue weighted by atomic mass is 10.1. The maximum absolute atomic E-state index is 13.1. The van der Waals surface area contributed by atoms with Crippen molar-refractivity contribution in [3.05, 3.63) is 83.3 Å². The fourth-order valence-corrected chi connectivity index (χ4v) is 5.13. The van der Waals surface area contributed by atoms with Gasteiger partial charge in [-0.3, -0.25) is 14.5 Å². The molecule has 164 valence electrons. The highest BCUT2D eigenvalue weighted by Gasteiger charge is 2.34. The van der Waals surface area contributed by atoms with Gasteiger partial charge in [0.15, 0.2) is 5.17 Å². The second-order valence-electron chi connectivity index (χ2n) is 7.66. The molecule has 1 aliphatic rings. The first-order valence-electron chi connectivity index (χ1n) is 10.6. The number of aliphatic imine (C=N–C) groups is 1. The Labute approximate surface area is 194 Å². The molecule has 33 heavy (non-hydrogen) atoms. The van der Waals surface area contributed by atoms with Crippen molar-refractivity contribution >= 4 is 62.4 Å². The molecule has 1 amide bonds. The quantitative estimate of drug-likeness (QED) is 0.403. The lowest BCUT2D eigenvalue weighted by Crippen LogP contribution is -2.34. The summed E-state index contributed by atoms with van der Waals surface area (Å²) in [7, 11) is 0. The minimum absolute atomic E-state index is 0.354. The van der Waals surface area contributed by atoms with Crippen molar-refractivity contribution in [3.63, 3.8) is 0 Å². The van der Waals surface area contributed by atoms with E-state index in [1.165, 1.54) is 27.6 Å². The zero-order valence-electron chi connectivity index (χ0n) is 17.9. The van der Waals surface area contributed by atoms with Crippen molar-refractivity contribution in [1.82, 2.24) is 9.47 Å². The van der Waals surface area contributed by atoms with E-state index in [1.54, 1.807) is 0 Å².